The van der Waals surface area contributed by atoms with Gasteiger partial charge < -0.3 is 37.9 Å². The molecule has 0 spiro atoms. The van der Waals surface area contributed by atoms with Crippen molar-refractivity contribution in [3.63, 3.8) is 0 Å². The third kappa shape index (κ3) is 5.51. The fourth-order valence-electron chi connectivity index (χ4n) is 8.37. The Morgan fingerprint density at radius 1 is 0.293 bits per heavy atom. The Labute approximate surface area is 335 Å². The molecule has 0 radical (unpaired) electrons. The van der Waals surface area contributed by atoms with Crippen LogP contribution < -0.4 is 69.7 Å². The lowest BCUT2D eigenvalue weighted by atomic mass is 9.93. The predicted octanol–water partition coefficient (Wildman–Crippen LogP) is 8.09. The molecule has 0 aliphatic carbocycles. The first-order chi connectivity index (χ1) is 28.7. The largest absolute Gasteiger partial charge is 0.454 e. The molecule has 0 amide bonds. The van der Waals surface area contributed by atoms with Crippen molar-refractivity contribution >= 4 is 69.2 Å². The van der Waals surface area contributed by atoms with Crippen molar-refractivity contribution in [2.24, 2.45) is 0 Å². The predicted molar refractivity (Wildman–Crippen MR) is 229 cm³/mol. The van der Waals surface area contributed by atoms with Crippen molar-refractivity contribution in [1.29, 1.82) is 0 Å². The molecule has 8 aromatic carbocycles. The van der Waals surface area contributed by atoms with Crippen LogP contribution in [0.25, 0.3) is 32.7 Å². The lowest BCUT2D eigenvalue weighted by Crippen LogP contribution is -2.26. The molecule has 58 heavy (non-hydrogen) atoms. The molecule has 12 rings (SSSR count). The molecule has 0 unspecified atom stereocenters. The first-order valence-corrected chi connectivity index (χ1v) is 21.6. The summed E-state index contributed by atoms with van der Waals surface area (Å²) in [6, 6.07) is 52.0. The Balaban J connectivity index is 1.18. The molecule has 0 saturated carbocycles. The van der Waals surface area contributed by atoms with Gasteiger partial charge in [0.05, 0.1) is 0 Å². The van der Waals surface area contributed by atoms with Crippen LogP contribution >= 0.6 is 15.8 Å². The molecule has 0 fully saturated rings. The molecule has 0 atom stereocenters. The average Bonchev–Trinajstić information content (AvgIpc) is 4.11. The molecular weight excluding hydrogens is 766 g/mol. The molecule has 4 heterocycles. The van der Waals surface area contributed by atoms with E-state index in [0.29, 0.717) is 0 Å². The fraction of sp³-hybridized carbons (Fsp3) is 0.0833. The minimum absolute atomic E-state index is 0.199. The highest BCUT2D eigenvalue weighted by Gasteiger charge is 2.31. The molecule has 4 aliphatic rings. The number of ether oxygens (including phenoxy) is 8. The Bertz CT molecular complexity index is 2650. The van der Waals surface area contributed by atoms with Crippen LogP contribution in [-0.4, -0.2) is 27.2 Å². The molecule has 282 valence electrons. The summed E-state index contributed by atoms with van der Waals surface area (Å²) in [5.74, 6) is 5.97. The van der Waals surface area contributed by atoms with Crippen LogP contribution in [0.15, 0.2) is 146 Å². The highest BCUT2D eigenvalue weighted by molar-refractivity contribution is 7.81. The summed E-state index contributed by atoms with van der Waals surface area (Å²) in [6.45, 7) is 0.796. The molecule has 0 N–H and O–H groups in total. The zero-order chi connectivity index (χ0) is 38.2. The maximum absolute atomic E-state index is 6.00. The van der Waals surface area contributed by atoms with Crippen molar-refractivity contribution in [3.05, 3.63) is 146 Å². The van der Waals surface area contributed by atoms with E-state index in [1.54, 1.807) is 0 Å². The monoisotopic (exact) mass is 798 g/mol. The Morgan fingerprint density at radius 2 is 0.603 bits per heavy atom. The quantitative estimate of drug-likeness (QED) is 0.150. The Hall–Kier alpha value is -6.46. The van der Waals surface area contributed by atoms with E-state index < -0.39 is 15.8 Å². The van der Waals surface area contributed by atoms with Gasteiger partial charge >= 0.3 is 0 Å². The minimum atomic E-state index is -1.22. The second-order valence-corrected chi connectivity index (χ2v) is 18.6. The third-order valence-corrected chi connectivity index (χ3v) is 15.9. The molecule has 10 heteroatoms. The average molecular weight is 799 g/mol. The number of hydrogen-bond donors (Lipinski definition) is 0. The smallest absolute Gasteiger partial charge is 0.231 e. The van der Waals surface area contributed by atoms with E-state index >= 15 is 0 Å². The summed E-state index contributed by atoms with van der Waals surface area (Å²) in [6.07, 6.45) is 0. The maximum atomic E-state index is 6.00. The van der Waals surface area contributed by atoms with Gasteiger partial charge in [0, 0.05) is 0 Å². The van der Waals surface area contributed by atoms with Gasteiger partial charge in [0.2, 0.25) is 27.2 Å². The number of fused-ring (bicyclic) bond motifs is 6. The first kappa shape index (κ1) is 33.7. The lowest BCUT2D eigenvalue weighted by Gasteiger charge is -2.28. The molecule has 8 nitrogen and oxygen atoms in total. The van der Waals surface area contributed by atoms with Crippen LogP contribution in [0.1, 0.15) is 0 Å². The van der Waals surface area contributed by atoms with E-state index in [1.165, 1.54) is 21.7 Å². The van der Waals surface area contributed by atoms with E-state index in [1.807, 2.05) is 24.3 Å². The second kappa shape index (κ2) is 13.6. The molecule has 4 aliphatic heterocycles. The van der Waals surface area contributed by atoms with E-state index in [4.69, 9.17) is 37.9 Å². The zero-order valence-corrected chi connectivity index (χ0v) is 32.6. The van der Waals surface area contributed by atoms with E-state index in [-0.39, 0.29) is 27.2 Å². The first-order valence-electron chi connectivity index (χ1n) is 19.0. The van der Waals surface area contributed by atoms with Gasteiger partial charge in [-0.2, -0.15) is 0 Å². The van der Waals surface area contributed by atoms with Crippen molar-refractivity contribution in [2.75, 3.05) is 27.2 Å². The third-order valence-electron chi connectivity index (χ3n) is 11.0. The van der Waals surface area contributed by atoms with Gasteiger partial charge in [-0.1, -0.05) is 72.8 Å². The lowest BCUT2D eigenvalue weighted by molar-refractivity contribution is 0.173. The Kier molecular flexibility index (Phi) is 7.89. The number of rotatable bonds is 7. The van der Waals surface area contributed by atoms with Crippen LogP contribution in [0.4, 0.5) is 0 Å². The summed E-state index contributed by atoms with van der Waals surface area (Å²) in [5, 5.41) is 11.6. The Morgan fingerprint density at radius 3 is 0.948 bits per heavy atom. The van der Waals surface area contributed by atoms with Crippen molar-refractivity contribution < 1.29 is 37.9 Å². The van der Waals surface area contributed by atoms with Gasteiger partial charge in [0.15, 0.2) is 46.0 Å². The summed E-state index contributed by atoms with van der Waals surface area (Å²) < 4.78 is 47.2. The van der Waals surface area contributed by atoms with Crippen LogP contribution in [0, 0.1) is 0 Å². The summed E-state index contributed by atoms with van der Waals surface area (Å²) in [7, 11) is -2.43. The van der Waals surface area contributed by atoms with Crippen molar-refractivity contribution in [3.8, 4) is 57.1 Å². The summed E-state index contributed by atoms with van der Waals surface area (Å²) in [4.78, 5) is 0. The highest BCUT2D eigenvalue weighted by atomic mass is 31.1. The zero-order valence-electron chi connectivity index (χ0n) is 30.8. The van der Waals surface area contributed by atoms with Crippen molar-refractivity contribution in [2.45, 2.75) is 0 Å². The maximum Gasteiger partial charge on any atom is 0.231 e. The van der Waals surface area contributed by atoms with Gasteiger partial charge in [-0.05, 0) is 153 Å². The molecular formula is C48H32O8P2. The normalized spacial score (nSPS) is 14.3. The minimum Gasteiger partial charge on any atom is -0.454 e. The topological polar surface area (TPSA) is 73.8 Å². The fourth-order valence-corrected chi connectivity index (χ4v) is 13.3. The van der Waals surface area contributed by atoms with Gasteiger partial charge in [0.25, 0.3) is 0 Å². The van der Waals surface area contributed by atoms with Crippen LogP contribution in [0.5, 0.6) is 46.0 Å². The van der Waals surface area contributed by atoms with Crippen LogP contribution in [0.3, 0.4) is 0 Å². The summed E-state index contributed by atoms with van der Waals surface area (Å²) >= 11 is 0. The van der Waals surface area contributed by atoms with Crippen molar-refractivity contribution in [1.82, 2.24) is 0 Å². The van der Waals surface area contributed by atoms with Gasteiger partial charge in [-0.3, -0.25) is 0 Å². The highest BCUT2D eigenvalue weighted by Crippen LogP contribution is 2.49. The molecule has 0 aromatic heterocycles. The van der Waals surface area contributed by atoms with Gasteiger partial charge in [0.1, 0.15) is 0 Å². The number of hydrogen-bond acceptors (Lipinski definition) is 8. The molecule has 0 bridgehead atoms. The molecule has 0 saturated heterocycles. The number of benzene rings is 8. The van der Waals surface area contributed by atoms with Gasteiger partial charge in [-0.15, -0.1) is 0 Å². The molecule has 8 aromatic rings. The van der Waals surface area contributed by atoms with Crippen LogP contribution in [0.2, 0.25) is 0 Å². The van der Waals surface area contributed by atoms with Gasteiger partial charge in [-0.25, -0.2) is 0 Å². The summed E-state index contributed by atoms with van der Waals surface area (Å²) in [5.41, 5.74) is 2.36. The van der Waals surface area contributed by atoms with E-state index in [0.717, 1.165) is 88.8 Å². The SMILES string of the molecule is c1ccc2c(-c3c(P(c4ccc5c(c4)OCO5)c4ccc5c(c4)OCO5)ccc4ccccc34)c(P(c3ccc4c(c3)OCO4)c3ccc4c(c3)OCO4)ccc2c1. The van der Waals surface area contributed by atoms with E-state index in [2.05, 4.69) is 121 Å². The van der Waals surface area contributed by atoms with Crippen LogP contribution in [-0.2, 0) is 0 Å². The van der Waals surface area contributed by atoms with E-state index in [9.17, 15) is 0 Å². The second-order valence-electron chi connectivity index (χ2n) is 14.2. The standard InChI is InChI=1S/C48H32O8P2/c1-3-7-35-29(5-1)9-19-45(57(31-11-15-37-41(21-31)53-25-49-37)32-12-16-38-42(22-32)54-26-50-38)47(35)48-36-8-4-2-6-30(36)10-20-46(48)58(33-13-17-39-43(23-33)55-27-51-39)34-14-18-40-44(24-34)56-28-52-40/h1-24H,25-28H2.